The van der Waals surface area contributed by atoms with E-state index in [0.29, 0.717) is 38.8 Å². The minimum atomic E-state index is -1.34. The Morgan fingerprint density at radius 3 is 2.44 bits per heavy atom. The first kappa shape index (κ1) is 43.8. The Labute approximate surface area is 308 Å². The van der Waals surface area contributed by atoms with E-state index in [9.17, 15) is 24.6 Å². The number of fused-ring (bicyclic) bond motifs is 1. The fraction of sp³-hybridized carbons (Fsp3) is 0.917. The van der Waals surface area contributed by atoms with Crippen molar-refractivity contribution in [1.29, 1.82) is 0 Å². The van der Waals surface area contributed by atoms with Gasteiger partial charge in [-0.1, -0.05) is 25.9 Å². The van der Waals surface area contributed by atoms with Gasteiger partial charge < -0.3 is 44.1 Å². The Hall–Kier alpha value is -2.56. The number of hydrogen-bond donors (Lipinski definition) is 3. The van der Waals surface area contributed by atoms with Gasteiger partial charge in [0.25, 0.3) is 0 Å². The van der Waals surface area contributed by atoms with Crippen LogP contribution >= 0.6 is 0 Å². The second-order valence-electron chi connectivity index (χ2n) is 15.6. The van der Waals surface area contributed by atoms with E-state index in [-0.39, 0.29) is 44.1 Å². The van der Waals surface area contributed by atoms with Gasteiger partial charge in [-0.25, -0.2) is 4.79 Å². The van der Waals surface area contributed by atoms with Gasteiger partial charge in [0.2, 0.25) is 0 Å². The number of unbranched alkanes of at least 4 members (excludes halogenated alkanes) is 1. The predicted octanol–water partition coefficient (Wildman–Crippen LogP) is 3.42. The van der Waals surface area contributed by atoms with Gasteiger partial charge in [0.15, 0.2) is 17.7 Å². The highest BCUT2D eigenvalue weighted by Gasteiger charge is 2.59. The average Bonchev–Trinajstić information content (AvgIpc) is 3.36. The number of nitrogens with one attached hydrogen (secondary N) is 1. The van der Waals surface area contributed by atoms with Crippen LogP contribution in [0.15, 0.2) is 5.11 Å². The molecule has 298 valence electrons. The van der Waals surface area contributed by atoms with Crippen LogP contribution < -0.4 is 5.32 Å². The number of Topliss-reactive ketones (excluding diaryl/α,β-unsaturated/α-hetero) is 1. The molecule has 0 radical (unpaired) electrons. The van der Waals surface area contributed by atoms with Crippen molar-refractivity contribution in [2.75, 3.05) is 47.4 Å². The zero-order valence-corrected chi connectivity index (χ0v) is 32.8. The topological polar surface area (TPSA) is 205 Å². The number of hydrogen-bond acceptors (Lipinski definition) is 13. The minimum absolute atomic E-state index is 0.0887. The Bertz CT molecular complexity index is 1250. The maximum absolute atomic E-state index is 14.3. The summed E-state index contributed by atoms with van der Waals surface area (Å²) in [7, 11) is 5.32. The van der Waals surface area contributed by atoms with Crippen LogP contribution in [0.1, 0.15) is 87.0 Å². The van der Waals surface area contributed by atoms with Crippen LogP contribution in [-0.4, -0.2) is 145 Å². The van der Waals surface area contributed by atoms with Gasteiger partial charge in [0.05, 0.1) is 23.9 Å². The van der Waals surface area contributed by atoms with Crippen LogP contribution in [0.5, 0.6) is 0 Å². The second-order valence-corrected chi connectivity index (χ2v) is 15.6. The molecule has 52 heavy (non-hydrogen) atoms. The molecule has 0 spiro atoms. The Morgan fingerprint density at radius 2 is 1.85 bits per heavy atom. The highest BCUT2D eigenvalue weighted by Crippen LogP contribution is 2.40. The van der Waals surface area contributed by atoms with Gasteiger partial charge >= 0.3 is 12.1 Å². The molecule has 1 amide bonds. The Kier molecular flexibility index (Phi) is 16.1. The largest absolute Gasteiger partial charge is 0.458 e. The third kappa shape index (κ3) is 9.94. The monoisotopic (exact) mass is 740 g/mol. The summed E-state index contributed by atoms with van der Waals surface area (Å²) >= 11 is 0. The van der Waals surface area contributed by atoms with Crippen molar-refractivity contribution in [3.63, 3.8) is 0 Å². The van der Waals surface area contributed by atoms with Crippen LogP contribution in [0.25, 0.3) is 10.4 Å². The SMILES string of the molecule is CC[C@H]1OC(=O)[C@H](C)C(=O)[C@H](C)[C@@H](O[C@@H]2OC(C)CC(N(C)C)C2O)[C@](C)(OC)C[C@@H](C)CN[C@H](CCO)[C@H]2N(CCCCN=[N+]=[N-])C(=O)O[C@]12C. The molecule has 0 aromatic heterocycles. The number of azide groups is 1. The highest BCUT2D eigenvalue weighted by molar-refractivity contribution is 6.00. The van der Waals surface area contributed by atoms with E-state index in [4.69, 9.17) is 29.2 Å². The summed E-state index contributed by atoms with van der Waals surface area (Å²) in [5.41, 5.74) is 6.26. The number of amides is 1. The number of ketones is 1. The van der Waals surface area contributed by atoms with E-state index in [1.54, 1.807) is 25.9 Å². The number of cyclic esters (lactones) is 1. The fourth-order valence-electron chi connectivity index (χ4n) is 8.38. The van der Waals surface area contributed by atoms with Crippen molar-refractivity contribution >= 4 is 17.8 Å². The lowest BCUT2D eigenvalue weighted by Crippen LogP contribution is -2.62. The van der Waals surface area contributed by atoms with Crippen LogP contribution in [0, 0.1) is 17.8 Å². The standard InChI is InChI=1S/C36H64N6O10/c1-11-27-36(7)30(42(34(47)52-36)16-13-12-15-39-40-37)25(14-17-43)38-20-21(2)19-35(6,48-10)31(23(4)28(44)24(5)32(46)50-27)51-33-29(45)26(41(8)9)18-22(3)49-33/h21-27,29-31,33,38,43,45H,11-20H2,1-10H3/t21-,22?,23+,24-,25-,26?,27-,29?,30-,31-,33+,35-,36-/m1/s1. The smallest absolute Gasteiger partial charge is 0.410 e. The second kappa shape index (κ2) is 19.2. The molecule has 0 bridgehead atoms. The molecule has 3 rings (SSSR count). The van der Waals surface area contributed by atoms with Gasteiger partial charge in [0, 0.05) is 49.7 Å². The molecule has 0 aliphatic carbocycles. The highest BCUT2D eigenvalue weighted by atomic mass is 16.7. The van der Waals surface area contributed by atoms with E-state index in [1.807, 2.05) is 46.7 Å². The van der Waals surface area contributed by atoms with Crippen LogP contribution in [0.3, 0.4) is 0 Å². The summed E-state index contributed by atoms with van der Waals surface area (Å²) in [6.07, 6.45) is -2.11. The van der Waals surface area contributed by atoms with E-state index in [1.165, 1.54) is 6.92 Å². The number of aliphatic hydroxyl groups is 2. The number of nitrogens with zero attached hydrogens (tertiary/aromatic N) is 5. The molecular weight excluding hydrogens is 676 g/mol. The van der Waals surface area contributed by atoms with E-state index >= 15 is 0 Å². The summed E-state index contributed by atoms with van der Waals surface area (Å²) in [6.45, 7) is 13.4. The molecule has 3 aliphatic rings. The van der Waals surface area contributed by atoms with Gasteiger partial charge in [-0.05, 0) is 98.3 Å². The lowest BCUT2D eigenvalue weighted by molar-refractivity contribution is -0.295. The first-order valence-corrected chi connectivity index (χ1v) is 18.8. The molecule has 3 aliphatic heterocycles. The van der Waals surface area contributed by atoms with Crippen molar-refractivity contribution in [3.8, 4) is 0 Å². The summed E-state index contributed by atoms with van der Waals surface area (Å²) in [5, 5.41) is 28.8. The molecule has 13 atom stereocenters. The number of ether oxygens (including phenoxy) is 5. The number of carbonyl (C=O) groups excluding carboxylic acids is 3. The van der Waals surface area contributed by atoms with Gasteiger partial charge in [-0.3, -0.25) is 14.5 Å². The molecule has 16 heteroatoms. The van der Waals surface area contributed by atoms with Gasteiger partial charge in [-0.2, -0.15) is 0 Å². The first-order chi connectivity index (χ1) is 24.5. The number of methoxy groups -OCH3 is 1. The zero-order chi connectivity index (χ0) is 39.0. The fourth-order valence-corrected chi connectivity index (χ4v) is 8.38. The normalized spacial score (nSPS) is 39.6. The summed E-state index contributed by atoms with van der Waals surface area (Å²) < 4.78 is 31.2. The number of aliphatic hydroxyl groups excluding tert-OH is 2. The average molecular weight is 741 g/mol. The molecule has 3 saturated heterocycles. The molecule has 3 heterocycles. The lowest BCUT2D eigenvalue weighted by atomic mass is 9.78. The summed E-state index contributed by atoms with van der Waals surface area (Å²) in [4.78, 5) is 48.1. The maximum atomic E-state index is 14.3. The molecule has 3 unspecified atom stereocenters. The van der Waals surface area contributed by atoms with Crippen molar-refractivity contribution in [3.05, 3.63) is 10.4 Å². The number of carbonyl (C=O) groups is 3. The number of likely N-dealkylation sites (N-methyl/N-ethyl adjacent to an activating group) is 1. The quantitative estimate of drug-likeness (QED) is 0.0658. The molecular formula is C36H64N6O10. The minimum Gasteiger partial charge on any atom is -0.458 e. The zero-order valence-electron chi connectivity index (χ0n) is 32.8. The van der Waals surface area contributed by atoms with Crippen molar-refractivity contribution in [1.82, 2.24) is 15.1 Å². The third-order valence-corrected chi connectivity index (χ3v) is 11.3. The molecule has 0 aromatic carbocycles. The Balaban J connectivity index is 2.08. The summed E-state index contributed by atoms with van der Waals surface area (Å²) in [6, 6.07) is -1.39. The maximum Gasteiger partial charge on any atom is 0.410 e. The van der Waals surface area contributed by atoms with E-state index in [0.717, 1.165) is 0 Å². The molecule has 3 N–H and O–H groups in total. The first-order valence-electron chi connectivity index (χ1n) is 18.8. The summed E-state index contributed by atoms with van der Waals surface area (Å²) in [5.74, 6) is -3.39. The third-order valence-electron chi connectivity index (χ3n) is 11.3. The van der Waals surface area contributed by atoms with Crippen LogP contribution in [0.2, 0.25) is 0 Å². The van der Waals surface area contributed by atoms with Crippen LogP contribution in [0.4, 0.5) is 4.79 Å². The molecule has 3 fully saturated rings. The van der Waals surface area contributed by atoms with E-state index < -0.39 is 77.6 Å². The van der Waals surface area contributed by atoms with Gasteiger partial charge in [-0.15, -0.1) is 0 Å². The van der Waals surface area contributed by atoms with Crippen molar-refractivity contribution in [2.45, 2.75) is 147 Å². The molecule has 0 aromatic rings. The predicted molar refractivity (Wildman–Crippen MR) is 192 cm³/mol. The number of rotatable bonds is 12. The Morgan fingerprint density at radius 1 is 1.15 bits per heavy atom. The lowest BCUT2D eigenvalue weighted by Gasteiger charge is -2.46. The van der Waals surface area contributed by atoms with Crippen molar-refractivity contribution in [2.24, 2.45) is 22.9 Å². The van der Waals surface area contributed by atoms with Crippen LogP contribution in [-0.2, 0) is 33.3 Å². The van der Waals surface area contributed by atoms with Crippen molar-refractivity contribution < 1.29 is 48.3 Å². The van der Waals surface area contributed by atoms with Gasteiger partial charge in [0.1, 0.15) is 18.1 Å². The number of esters is 1. The molecule has 16 nitrogen and oxygen atoms in total. The molecule has 0 saturated carbocycles. The van der Waals surface area contributed by atoms with E-state index in [2.05, 4.69) is 15.3 Å².